The number of rotatable bonds is 6. The Kier molecular flexibility index (Phi) is 6.72. The lowest BCUT2D eigenvalue weighted by Crippen LogP contribution is -2.46. The zero-order valence-electron chi connectivity index (χ0n) is 10.6. The number of hydrogen-bond acceptors (Lipinski definition) is 3. The molecule has 0 bridgehead atoms. The van der Waals surface area contributed by atoms with Crippen LogP contribution in [0.15, 0.2) is 0 Å². The summed E-state index contributed by atoms with van der Waals surface area (Å²) in [5.41, 5.74) is 5.59. The lowest BCUT2D eigenvalue weighted by molar-refractivity contribution is -0.135. The summed E-state index contributed by atoms with van der Waals surface area (Å²) in [6.45, 7) is 6.57. The van der Waals surface area contributed by atoms with E-state index in [4.69, 9.17) is 5.73 Å². The molecule has 1 atom stereocenters. The summed E-state index contributed by atoms with van der Waals surface area (Å²) in [5, 5.41) is 2.75. The van der Waals surface area contributed by atoms with Gasteiger partial charge in [0.2, 0.25) is 11.8 Å². The highest BCUT2D eigenvalue weighted by atomic mass is 16.2. The van der Waals surface area contributed by atoms with Crippen LogP contribution in [0.5, 0.6) is 0 Å². The van der Waals surface area contributed by atoms with E-state index in [0.717, 1.165) is 0 Å². The number of carbonyl (C=O) groups is 2. The monoisotopic (exact) mass is 229 g/mol. The molecule has 0 aliphatic rings. The number of likely N-dealkylation sites (N-methyl/N-ethyl adjacent to an activating group) is 1. The van der Waals surface area contributed by atoms with Crippen LogP contribution < -0.4 is 11.1 Å². The molecule has 5 heteroatoms. The van der Waals surface area contributed by atoms with E-state index in [1.54, 1.807) is 7.05 Å². The van der Waals surface area contributed by atoms with Crippen LogP contribution in [0.3, 0.4) is 0 Å². The Morgan fingerprint density at radius 3 is 2.38 bits per heavy atom. The first kappa shape index (κ1) is 14.9. The fourth-order valence-electron chi connectivity index (χ4n) is 1.12. The summed E-state index contributed by atoms with van der Waals surface area (Å²) < 4.78 is 0. The van der Waals surface area contributed by atoms with Crippen molar-refractivity contribution in [1.29, 1.82) is 0 Å². The minimum atomic E-state index is -0.511. The summed E-state index contributed by atoms with van der Waals surface area (Å²) >= 11 is 0. The Labute approximate surface area is 97.4 Å². The van der Waals surface area contributed by atoms with Crippen molar-refractivity contribution in [3.05, 3.63) is 0 Å². The largest absolute Gasteiger partial charge is 0.354 e. The lowest BCUT2D eigenvalue weighted by Gasteiger charge is -2.20. The van der Waals surface area contributed by atoms with Gasteiger partial charge in [0.05, 0.1) is 12.6 Å². The van der Waals surface area contributed by atoms with E-state index < -0.39 is 6.04 Å². The number of nitrogens with two attached hydrogens (primary N) is 1. The minimum Gasteiger partial charge on any atom is -0.354 e. The van der Waals surface area contributed by atoms with E-state index in [9.17, 15) is 9.59 Å². The molecule has 2 amide bonds. The van der Waals surface area contributed by atoms with E-state index in [1.807, 2.05) is 20.8 Å². The van der Waals surface area contributed by atoms with Gasteiger partial charge in [-0.25, -0.2) is 0 Å². The van der Waals surface area contributed by atoms with Gasteiger partial charge in [-0.05, 0) is 12.3 Å². The van der Waals surface area contributed by atoms with Crippen molar-refractivity contribution < 1.29 is 9.59 Å². The van der Waals surface area contributed by atoms with Crippen LogP contribution in [0.4, 0.5) is 0 Å². The van der Waals surface area contributed by atoms with Gasteiger partial charge in [0.25, 0.3) is 0 Å². The summed E-state index contributed by atoms with van der Waals surface area (Å²) in [6.07, 6.45) is 0.580. The van der Waals surface area contributed by atoms with Crippen LogP contribution in [0.1, 0.15) is 27.2 Å². The van der Waals surface area contributed by atoms with Crippen molar-refractivity contribution in [2.75, 3.05) is 20.1 Å². The van der Waals surface area contributed by atoms with Crippen molar-refractivity contribution >= 4 is 11.8 Å². The van der Waals surface area contributed by atoms with Gasteiger partial charge in [0.15, 0.2) is 0 Å². The first-order chi connectivity index (χ1) is 7.38. The van der Waals surface area contributed by atoms with Crippen molar-refractivity contribution in [2.45, 2.75) is 33.2 Å². The molecule has 0 aromatic rings. The standard InChI is InChI=1S/C11H23N3O2/c1-5-9(12)11(16)14(4)7-10(15)13-6-8(2)3/h8-9H,5-7,12H2,1-4H3,(H,13,15)/t9-/m0/s1. The van der Waals surface area contributed by atoms with Gasteiger partial charge < -0.3 is 16.0 Å². The van der Waals surface area contributed by atoms with Crippen molar-refractivity contribution in [3.63, 3.8) is 0 Å². The first-order valence-electron chi connectivity index (χ1n) is 5.65. The van der Waals surface area contributed by atoms with E-state index in [1.165, 1.54) is 4.90 Å². The molecular weight excluding hydrogens is 206 g/mol. The highest BCUT2D eigenvalue weighted by Gasteiger charge is 2.18. The Morgan fingerprint density at radius 2 is 1.94 bits per heavy atom. The van der Waals surface area contributed by atoms with E-state index in [0.29, 0.717) is 18.9 Å². The molecule has 0 heterocycles. The molecule has 0 aliphatic heterocycles. The Balaban J connectivity index is 3.99. The van der Waals surface area contributed by atoms with Crippen LogP contribution in [0.2, 0.25) is 0 Å². The molecule has 3 N–H and O–H groups in total. The lowest BCUT2D eigenvalue weighted by atomic mass is 10.2. The predicted molar refractivity (Wildman–Crippen MR) is 63.8 cm³/mol. The number of amides is 2. The summed E-state index contributed by atoms with van der Waals surface area (Å²) in [7, 11) is 1.59. The minimum absolute atomic E-state index is 0.0687. The molecular formula is C11H23N3O2. The molecule has 0 saturated heterocycles. The number of nitrogens with one attached hydrogen (secondary N) is 1. The second-order valence-electron chi connectivity index (χ2n) is 4.41. The van der Waals surface area contributed by atoms with Gasteiger partial charge in [-0.2, -0.15) is 0 Å². The zero-order valence-corrected chi connectivity index (χ0v) is 10.6. The summed E-state index contributed by atoms with van der Waals surface area (Å²) in [6, 6.07) is -0.511. The zero-order chi connectivity index (χ0) is 12.7. The first-order valence-corrected chi connectivity index (χ1v) is 5.65. The third-order valence-corrected chi connectivity index (χ3v) is 2.22. The average Bonchev–Trinajstić information content (AvgIpc) is 2.24. The Morgan fingerprint density at radius 1 is 1.38 bits per heavy atom. The Bertz CT molecular complexity index is 241. The summed E-state index contributed by atoms with van der Waals surface area (Å²) in [4.78, 5) is 24.4. The highest BCUT2D eigenvalue weighted by molar-refractivity contribution is 5.87. The number of hydrogen-bond donors (Lipinski definition) is 2. The maximum atomic E-state index is 11.6. The summed E-state index contributed by atoms with van der Waals surface area (Å²) in [5.74, 6) is 0.0675. The predicted octanol–water partition coefficient (Wildman–Crippen LogP) is -0.0457. The molecule has 94 valence electrons. The number of nitrogens with zero attached hydrogens (tertiary/aromatic N) is 1. The second-order valence-corrected chi connectivity index (χ2v) is 4.41. The topological polar surface area (TPSA) is 75.4 Å². The third-order valence-electron chi connectivity index (χ3n) is 2.22. The van der Waals surface area contributed by atoms with Crippen molar-refractivity contribution in [2.24, 2.45) is 11.7 Å². The van der Waals surface area contributed by atoms with Gasteiger partial charge in [-0.3, -0.25) is 9.59 Å². The van der Waals surface area contributed by atoms with Gasteiger partial charge in [0, 0.05) is 13.6 Å². The van der Waals surface area contributed by atoms with Crippen LogP contribution in [0.25, 0.3) is 0 Å². The molecule has 0 aliphatic carbocycles. The smallest absolute Gasteiger partial charge is 0.239 e. The van der Waals surface area contributed by atoms with E-state index in [-0.39, 0.29) is 18.4 Å². The molecule has 0 saturated carbocycles. The maximum absolute atomic E-state index is 11.6. The molecule has 0 spiro atoms. The van der Waals surface area contributed by atoms with Gasteiger partial charge in [-0.15, -0.1) is 0 Å². The van der Waals surface area contributed by atoms with Crippen LogP contribution in [0, 0.1) is 5.92 Å². The molecule has 0 fully saturated rings. The molecule has 0 aromatic heterocycles. The maximum Gasteiger partial charge on any atom is 0.239 e. The van der Waals surface area contributed by atoms with Crippen molar-refractivity contribution in [3.8, 4) is 0 Å². The highest BCUT2D eigenvalue weighted by Crippen LogP contribution is 1.94. The average molecular weight is 229 g/mol. The molecule has 5 nitrogen and oxygen atoms in total. The van der Waals surface area contributed by atoms with Crippen LogP contribution >= 0.6 is 0 Å². The molecule has 0 radical (unpaired) electrons. The fraction of sp³-hybridized carbons (Fsp3) is 0.818. The third kappa shape index (κ3) is 5.70. The molecule has 0 rings (SSSR count). The van der Waals surface area contributed by atoms with Crippen LogP contribution in [-0.2, 0) is 9.59 Å². The van der Waals surface area contributed by atoms with Gasteiger partial charge in [0.1, 0.15) is 0 Å². The van der Waals surface area contributed by atoms with Crippen molar-refractivity contribution in [1.82, 2.24) is 10.2 Å². The van der Waals surface area contributed by atoms with Gasteiger partial charge >= 0.3 is 0 Å². The van der Waals surface area contributed by atoms with Crippen LogP contribution in [-0.4, -0.2) is 42.9 Å². The molecule has 0 unspecified atom stereocenters. The number of carbonyl (C=O) groups excluding carboxylic acids is 2. The normalized spacial score (nSPS) is 12.4. The quantitative estimate of drug-likeness (QED) is 0.671. The molecule has 16 heavy (non-hydrogen) atoms. The fourth-order valence-corrected chi connectivity index (χ4v) is 1.12. The van der Waals surface area contributed by atoms with E-state index in [2.05, 4.69) is 5.32 Å². The Hall–Kier alpha value is -1.10. The van der Waals surface area contributed by atoms with Gasteiger partial charge in [-0.1, -0.05) is 20.8 Å². The SMILES string of the molecule is CC[C@H](N)C(=O)N(C)CC(=O)NCC(C)C. The molecule has 0 aromatic carbocycles. The van der Waals surface area contributed by atoms with E-state index >= 15 is 0 Å². The second kappa shape index (κ2) is 7.22.